The zero-order valence-corrected chi connectivity index (χ0v) is 12.7. The monoisotopic (exact) mass is 279 g/mol. The molecule has 1 aromatic rings. The molecule has 4 heteroatoms. The van der Waals surface area contributed by atoms with Crippen molar-refractivity contribution in [2.45, 2.75) is 45.2 Å². The summed E-state index contributed by atoms with van der Waals surface area (Å²) < 4.78 is 14.1. The number of nitrogens with zero attached hydrogens (tertiary/aromatic N) is 1. The van der Waals surface area contributed by atoms with E-state index in [2.05, 4.69) is 24.5 Å². The number of hydrogen-bond donors (Lipinski definition) is 2. The molecule has 0 radical (unpaired) electrons. The molecule has 0 spiro atoms. The molecule has 1 saturated heterocycles. The molecule has 1 aliphatic rings. The number of piperidine rings is 1. The van der Waals surface area contributed by atoms with Gasteiger partial charge in [0.05, 0.1) is 5.69 Å². The minimum atomic E-state index is -0.164. The average Bonchev–Trinajstić information content (AvgIpc) is 2.45. The van der Waals surface area contributed by atoms with Crippen LogP contribution in [0.15, 0.2) is 18.2 Å². The Kier molecular flexibility index (Phi) is 5.24. The molecule has 0 aromatic heterocycles. The predicted octanol–water partition coefficient (Wildman–Crippen LogP) is 3.22. The van der Waals surface area contributed by atoms with Gasteiger partial charge in [0.15, 0.2) is 0 Å². The summed E-state index contributed by atoms with van der Waals surface area (Å²) in [5.74, 6) is -0.164. The van der Waals surface area contributed by atoms with Crippen LogP contribution in [0.4, 0.5) is 15.8 Å². The van der Waals surface area contributed by atoms with Crippen LogP contribution in [0.3, 0.4) is 0 Å². The number of nitrogens with one attached hydrogen (secondary N) is 2. The van der Waals surface area contributed by atoms with E-state index in [1.807, 2.05) is 24.1 Å². The van der Waals surface area contributed by atoms with E-state index in [1.165, 1.54) is 19.3 Å². The average molecular weight is 279 g/mol. The van der Waals surface area contributed by atoms with Gasteiger partial charge >= 0.3 is 0 Å². The summed E-state index contributed by atoms with van der Waals surface area (Å²) in [6.07, 6.45) is 3.75. The fraction of sp³-hybridized carbons (Fsp3) is 0.625. The van der Waals surface area contributed by atoms with Crippen LogP contribution in [0.1, 0.15) is 33.1 Å². The van der Waals surface area contributed by atoms with E-state index >= 15 is 0 Å². The minimum Gasteiger partial charge on any atom is -0.383 e. The van der Waals surface area contributed by atoms with E-state index in [0.717, 1.165) is 18.8 Å². The third-order valence-electron chi connectivity index (χ3n) is 4.07. The molecular weight excluding hydrogens is 253 g/mol. The van der Waals surface area contributed by atoms with Gasteiger partial charge in [0, 0.05) is 31.4 Å². The molecule has 20 heavy (non-hydrogen) atoms. The van der Waals surface area contributed by atoms with E-state index in [1.54, 1.807) is 6.07 Å². The van der Waals surface area contributed by atoms with Gasteiger partial charge < -0.3 is 15.5 Å². The molecule has 1 unspecified atom stereocenters. The normalized spacial score (nSPS) is 19.1. The van der Waals surface area contributed by atoms with Crippen molar-refractivity contribution in [2.24, 2.45) is 0 Å². The Morgan fingerprint density at radius 3 is 2.80 bits per heavy atom. The van der Waals surface area contributed by atoms with Gasteiger partial charge in [-0.2, -0.15) is 0 Å². The number of benzene rings is 1. The van der Waals surface area contributed by atoms with Crippen LogP contribution >= 0.6 is 0 Å². The molecule has 0 amide bonds. The highest BCUT2D eigenvalue weighted by Crippen LogP contribution is 2.23. The molecule has 2 rings (SSSR count). The second kappa shape index (κ2) is 6.93. The molecule has 0 bridgehead atoms. The van der Waals surface area contributed by atoms with E-state index < -0.39 is 0 Å². The molecule has 3 nitrogen and oxygen atoms in total. The fourth-order valence-corrected chi connectivity index (χ4v) is 2.52. The summed E-state index contributed by atoms with van der Waals surface area (Å²) in [6.45, 7) is 6.07. The lowest BCUT2D eigenvalue weighted by Crippen LogP contribution is -2.39. The fourth-order valence-electron chi connectivity index (χ4n) is 2.52. The van der Waals surface area contributed by atoms with Crippen molar-refractivity contribution >= 4 is 11.4 Å². The number of hydrogen-bond acceptors (Lipinski definition) is 3. The Bertz CT molecular complexity index is 428. The Labute approximate surface area is 121 Å². The lowest BCUT2D eigenvalue weighted by molar-refractivity contribution is 0.414. The van der Waals surface area contributed by atoms with Gasteiger partial charge in [-0.15, -0.1) is 0 Å². The van der Waals surface area contributed by atoms with Crippen molar-refractivity contribution < 1.29 is 4.39 Å². The van der Waals surface area contributed by atoms with Crippen LogP contribution < -0.4 is 15.5 Å². The van der Waals surface area contributed by atoms with Crippen LogP contribution in [0.5, 0.6) is 0 Å². The number of halogens is 1. The van der Waals surface area contributed by atoms with Gasteiger partial charge in [-0.1, -0.05) is 6.42 Å². The standard InChI is InChI=1S/C16H26FN3/c1-12(2)20(3)16-8-7-13(10-15(16)17)19-11-14-6-4-5-9-18-14/h7-8,10,12,14,18-19H,4-6,9,11H2,1-3H3. The maximum absolute atomic E-state index is 14.1. The quantitative estimate of drug-likeness (QED) is 0.866. The molecular formula is C16H26FN3. The first-order valence-corrected chi connectivity index (χ1v) is 7.57. The van der Waals surface area contributed by atoms with Crippen LogP contribution in [0.2, 0.25) is 0 Å². The Balaban J connectivity index is 1.94. The Morgan fingerprint density at radius 1 is 1.40 bits per heavy atom. The predicted molar refractivity (Wildman–Crippen MR) is 84.1 cm³/mol. The molecule has 1 atom stereocenters. The van der Waals surface area contributed by atoms with Crippen molar-refractivity contribution in [1.29, 1.82) is 0 Å². The van der Waals surface area contributed by atoms with Crippen LogP contribution in [0.25, 0.3) is 0 Å². The maximum atomic E-state index is 14.1. The molecule has 0 saturated carbocycles. The third-order valence-corrected chi connectivity index (χ3v) is 4.07. The molecule has 0 aliphatic carbocycles. The second-order valence-electron chi connectivity index (χ2n) is 5.90. The molecule has 2 N–H and O–H groups in total. The first kappa shape index (κ1) is 15.1. The van der Waals surface area contributed by atoms with E-state index in [-0.39, 0.29) is 11.9 Å². The smallest absolute Gasteiger partial charge is 0.148 e. The first-order valence-electron chi connectivity index (χ1n) is 7.57. The third kappa shape index (κ3) is 3.85. The van der Waals surface area contributed by atoms with Crippen molar-refractivity contribution in [1.82, 2.24) is 5.32 Å². The summed E-state index contributed by atoms with van der Waals surface area (Å²) in [7, 11) is 1.92. The zero-order chi connectivity index (χ0) is 14.5. The van der Waals surface area contributed by atoms with Gasteiger partial charge in [-0.25, -0.2) is 4.39 Å². The molecule has 1 fully saturated rings. The summed E-state index contributed by atoms with van der Waals surface area (Å²) in [4.78, 5) is 1.95. The Morgan fingerprint density at radius 2 is 2.20 bits per heavy atom. The van der Waals surface area contributed by atoms with E-state index in [0.29, 0.717) is 11.7 Å². The highest BCUT2D eigenvalue weighted by molar-refractivity contribution is 5.56. The summed E-state index contributed by atoms with van der Waals surface area (Å²) in [5.41, 5.74) is 1.51. The van der Waals surface area contributed by atoms with Crippen molar-refractivity contribution in [3.8, 4) is 0 Å². The highest BCUT2D eigenvalue weighted by Gasteiger charge is 2.13. The van der Waals surface area contributed by atoms with Crippen molar-refractivity contribution in [3.05, 3.63) is 24.0 Å². The second-order valence-corrected chi connectivity index (χ2v) is 5.90. The van der Waals surface area contributed by atoms with Crippen LogP contribution in [0, 0.1) is 5.82 Å². The van der Waals surface area contributed by atoms with Gasteiger partial charge in [0.1, 0.15) is 5.82 Å². The van der Waals surface area contributed by atoms with Gasteiger partial charge in [-0.3, -0.25) is 0 Å². The summed E-state index contributed by atoms with van der Waals surface area (Å²) >= 11 is 0. The van der Waals surface area contributed by atoms with E-state index in [4.69, 9.17) is 0 Å². The van der Waals surface area contributed by atoms with Crippen LogP contribution in [-0.2, 0) is 0 Å². The largest absolute Gasteiger partial charge is 0.383 e. The molecule has 1 aliphatic heterocycles. The highest BCUT2D eigenvalue weighted by atomic mass is 19.1. The van der Waals surface area contributed by atoms with Crippen molar-refractivity contribution in [3.63, 3.8) is 0 Å². The Hall–Kier alpha value is -1.29. The number of anilines is 2. The SMILES string of the molecule is CC(C)N(C)c1ccc(NCC2CCCCN2)cc1F. The molecule has 1 aromatic carbocycles. The lowest BCUT2D eigenvalue weighted by atomic mass is 10.1. The molecule has 1 heterocycles. The number of rotatable bonds is 5. The van der Waals surface area contributed by atoms with Crippen molar-refractivity contribution in [2.75, 3.05) is 30.4 Å². The zero-order valence-electron chi connectivity index (χ0n) is 12.7. The lowest BCUT2D eigenvalue weighted by Gasteiger charge is -2.26. The maximum Gasteiger partial charge on any atom is 0.148 e. The molecule has 112 valence electrons. The summed E-state index contributed by atoms with van der Waals surface area (Å²) in [6, 6.07) is 6.20. The van der Waals surface area contributed by atoms with Crippen LogP contribution in [-0.4, -0.2) is 32.2 Å². The summed E-state index contributed by atoms with van der Waals surface area (Å²) in [5, 5.41) is 6.81. The van der Waals surface area contributed by atoms with E-state index in [9.17, 15) is 4.39 Å². The minimum absolute atomic E-state index is 0.164. The van der Waals surface area contributed by atoms with Gasteiger partial charge in [0.2, 0.25) is 0 Å². The first-order chi connectivity index (χ1) is 9.58. The van der Waals surface area contributed by atoms with Gasteiger partial charge in [0.25, 0.3) is 0 Å². The topological polar surface area (TPSA) is 27.3 Å². The van der Waals surface area contributed by atoms with Gasteiger partial charge in [-0.05, 0) is 51.4 Å².